The van der Waals surface area contributed by atoms with Crippen molar-refractivity contribution in [2.45, 2.75) is 26.8 Å². The number of ether oxygens (including phenoxy) is 1. The van der Waals surface area contributed by atoms with Crippen LogP contribution >= 0.6 is 0 Å². The van der Waals surface area contributed by atoms with Gasteiger partial charge in [-0.3, -0.25) is 0 Å². The van der Waals surface area contributed by atoms with Crippen molar-refractivity contribution in [2.75, 3.05) is 12.3 Å². The molecule has 96 valence electrons. The van der Waals surface area contributed by atoms with Crippen LogP contribution in [0.25, 0.3) is 0 Å². The van der Waals surface area contributed by atoms with E-state index in [0.29, 0.717) is 12.3 Å². The van der Waals surface area contributed by atoms with Crippen LogP contribution in [-0.4, -0.2) is 21.4 Å². The van der Waals surface area contributed by atoms with E-state index in [4.69, 9.17) is 10.5 Å². The zero-order valence-electron chi connectivity index (χ0n) is 10.8. The third kappa shape index (κ3) is 3.00. The van der Waals surface area contributed by atoms with Gasteiger partial charge in [-0.1, -0.05) is 12.1 Å². The average Bonchev–Trinajstić information content (AvgIpc) is 2.65. The van der Waals surface area contributed by atoms with E-state index in [2.05, 4.69) is 10.1 Å². The normalized spacial score (nSPS) is 10.6. The Bertz CT molecular complexity index is 521. The van der Waals surface area contributed by atoms with Crippen molar-refractivity contribution >= 4 is 5.69 Å². The minimum absolute atomic E-state index is 0.618. The predicted octanol–water partition coefficient (Wildman–Crippen LogP) is 1.95. The van der Waals surface area contributed by atoms with Gasteiger partial charge in [-0.05, 0) is 26.0 Å². The summed E-state index contributed by atoms with van der Waals surface area (Å²) in [5.41, 5.74) is 6.46. The van der Waals surface area contributed by atoms with Crippen LogP contribution in [0.4, 0.5) is 5.69 Å². The number of para-hydroxylation sites is 2. The second-order valence-electron chi connectivity index (χ2n) is 4.17. The molecule has 0 spiro atoms. The van der Waals surface area contributed by atoms with Crippen LogP contribution in [0, 0.1) is 13.8 Å². The van der Waals surface area contributed by atoms with E-state index >= 15 is 0 Å². The Morgan fingerprint density at radius 2 is 2.06 bits per heavy atom. The van der Waals surface area contributed by atoms with Gasteiger partial charge < -0.3 is 10.5 Å². The van der Waals surface area contributed by atoms with Crippen molar-refractivity contribution in [1.82, 2.24) is 14.8 Å². The second-order valence-corrected chi connectivity index (χ2v) is 4.17. The molecule has 5 heteroatoms. The molecule has 0 saturated heterocycles. The first-order valence-electron chi connectivity index (χ1n) is 6.02. The smallest absolute Gasteiger partial charge is 0.147 e. The van der Waals surface area contributed by atoms with E-state index in [9.17, 15) is 0 Å². The SMILES string of the molecule is Cc1nc(C)n(CCCOc2ccccc2N)n1. The number of anilines is 1. The summed E-state index contributed by atoms with van der Waals surface area (Å²) in [5, 5.41) is 4.30. The van der Waals surface area contributed by atoms with Crippen LogP contribution in [-0.2, 0) is 6.54 Å². The van der Waals surface area contributed by atoms with Crippen LogP contribution < -0.4 is 10.5 Å². The van der Waals surface area contributed by atoms with Crippen LogP contribution in [0.2, 0.25) is 0 Å². The fourth-order valence-electron chi connectivity index (χ4n) is 1.78. The van der Waals surface area contributed by atoms with Gasteiger partial charge in [0.2, 0.25) is 0 Å². The maximum absolute atomic E-state index is 5.79. The minimum Gasteiger partial charge on any atom is -0.491 e. The standard InChI is InChI=1S/C13H18N4O/c1-10-15-11(2)17(16-10)8-5-9-18-13-7-4-3-6-12(13)14/h3-4,6-7H,5,8-9,14H2,1-2H3. The molecule has 0 aliphatic carbocycles. The lowest BCUT2D eigenvalue weighted by Crippen LogP contribution is -2.08. The highest BCUT2D eigenvalue weighted by Gasteiger charge is 2.02. The Kier molecular flexibility index (Phi) is 3.82. The van der Waals surface area contributed by atoms with Gasteiger partial charge in [-0.2, -0.15) is 5.10 Å². The fourth-order valence-corrected chi connectivity index (χ4v) is 1.78. The molecule has 0 unspecified atom stereocenters. The third-order valence-corrected chi connectivity index (χ3v) is 2.65. The molecule has 5 nitrogen and oxygen atoms in total. The van der Waals surface area contributed by atoms with E-state index in [1.165, 1.54) is 0 Å². The summed E-state index contributed by atoms with van der Waals surface area (Å²) in [6.45, 7) is 5.27. The number of nitrogens with zero attached hydrogens (tertiary/aromatic N) is 3. The van der Waals surface area contributed by atoms with Crippen LogP contribution in [0.3, 0.4) is 0 Å². The summed E-state index contributed by atoms with van der Waals surface area (Å²) < 4.78 is 7.51. The van der Waals surface area contributed by atoms with Crippen molar-refractivity contribution in [2.24, 2.45) is 0 Å². The van der Waals surface area contributed by atoms with Crippen molar-refractivity contribution in [3.05, 3.63) is 35.9 Å². The number of aryl methyl sites for hydroxylation is 3. The second kappa shape index (κ2) is 5.53. The summed E-state index contributed by atoms with van der Waals surface area (Å²) in [7, 11) is 0. The lowest BCUT2D eigenvalue weighted by atomic mass is 10.3. The Balaban J connectivity index is 1.80. The molecule has 2 aromatic rings. The fraction of sp³-hybridized carbons (Fsp3) is 0.385. The summed E-state index contributed by atoms with van der Waals surface area (Å²) in [5.74, 6) is 2.48. The van der Waals surface area contributed by atoms with Gasteiger partial charge in [0.1, 0.15) is 17.4 Å². The van der Waals surface area contributed by atoms with E-state index in [1.54, 1.807) is 0 Å². The molecule has 0 amide bonds. The minimum atomic E-state index is 0.618. The number of aromatic nitrogens is 3. The summed E-state index contributed by atoms with van der Waals surface area (Å²) >= 11 is 0. The van der Waals surface area contributed by atoms with Gasteiger partial charge in [0.25, 0.3) is 0 Å². The third-order valence-electron chi connectivity index (χ3n) is 2.65. The predicted molar refractivity (Wildman–Crippen MR) is 70.5 cm³/mol. The average molecular weight is 246 g/mol. The summed E-state index contributed by atoms with van der Waals surface area (Å²) in [6.07, 6.45) is 0.873. The van der Waals surface area contributed by atoms with Crippen LogP contribution in [0.1, 0.15) is 18.1 Å². The van der Waals surface area contributed by atoms with Crippen molar-refractivity contribution < 1.29 is 4.74 Å². The number of hydrogen-bond donors (Lipinski definition) is 1. The molecule has 0 radical (unpaired) electrons. The zero-order chi connectivity index (χ0) is 13.0. The number of rotatable bonds is 5. The summed E-state index contributed by atoms with van der Waals surface area (Å²) in [6, 6.07) is 7.51. The highest BCUT2D eigenvalue weighted by molar-refractivity contribution is 5.51. The molecular weight excluding hydrogens is 228 g/mol. The Labute approximate surface area is 107 Å². The van der Waals surface area contributed by atoms with Crippen LogP contribution in [0.5, 0.6) is 5.75 Å². The molecule has 2 N–H and O–H groups in total. The van der Waals surface area contributed by atoms with Crippen molar-refractivity contribution in [3.63, 3.8) is 0 Å². The molecule has 1 aromatic carbocycles. The number of nitrogen functional groups attached to an aromatic ring is 1. The van der Waals surface area contributed by atoms with Gasteiger partial charge in [-0.15, -0.1) is 0 Å². The first-order chi connectivity index (χ1) is 8.66. The molecule has 18 heavy (non-hydrogen) atoms. The highest BCUT2D eigenvalue weighted by Crippen LogP contribution is 2.19. The summed E-state index contributed by atoms with van der Waals surface area (Å²) in [4.78, 5) is 4.25. The Morgan fingerprint density at radius 1 is 1.28 bits per heavy atom. The zero-order valence-corrected chi connectivity index (χ0v) is 10.8. The lowest BCUT2D eigenvalue weighted by molar-refractivity contribution is 0.299. The molecule has 0 fully saturated rings. The molecule has 0 aliphatic rings. The first kappa shape index (κ1) is 12.4. The maximum Gasteiger partial charge on any atom is 0.147 e. The molecule has 1 heterocycles. The Morgan fingerprint density at radius 3 is 2.72 bits per heavy atom. The number of hydrogen-bond acceptors (Lipinski definition) is 4. The van der Waals surface area contributed by atoms with Gasteiger partial charge in [0.15, 0.2) is 0 Å². The van der Waals surface area contributed by atoms with Crippen LogP contribution in [0.15, 0.2) is 24.3 Å². The van der Waals surface area contributed by atoms with Gasteiger partial charge >= 0.3 is 0 Å². The molecule has 2 rings (SSSR count). The molecule has 0 saturated carbocycles. The van der Waals surface area contributed by atoms with E-state index in [-0.39, 0.29) is 0 Å². The van der Waals surface area contributed by atoms with Crippen molar-refractivity contribution in [1.29, 1.82) is 0 Å². The number of benzene rings is 1. The topological polar surface area (TPSA) is 66.0 Å². The largest absolute Gasteiger partial charge is 0.491 e. The molecular formula is C13H18N4O. The molecule has 0 bridgehead atoms. The molecule has 0 aliphatic heterocycles. The Hall–Kier alpha value is -2.04. The first-order valence-corrected chi connectivity index (χ1v) is 6.02. The number of nitrogens with two attached hydrogens (primary N) is 1. The maximum atomic E-state index is 5.79. The quantitative estimate of drug-likeness (QED) is 0.647. The van der Waals surface area contributed by atoms with E-state index in [1.807, 2.05) is 42.8 Å². The lowest BCUT2D eigenvalue weighted by Gasteiger charge is -2.08. The van der Waals surface area contributed by atoms with Crippen molar-refractivity contribution in [3.8, 4) is 5.75 Å². The monoisotopic (exact) mass is 246 g/mol. The van der Waals surface area contributed by atoms with E-state index in [0.717, 1.165) is 30.4 Å². The van der Waals surface area contributed by atoms with Gasteiger partial charge in [-0.25, -0.2) is 9.67 Å². The highest BCUT2D eigenvalue weighted by atomic mass is 16.5. The van der Waals surface area contributed by atoms with Gasteiger partial charge in [0, 0.05) is 13.0 Å². The molecule has 0 atom stereocenters. The van der Waals surface area contributed by atoms with Gasteiger partial charge in [0.05, 0.1) is 12.3 Å². The molecule has 1 aromatic heterocycles. The van der Waals surface area contributed by atoms with E-state index < -0.39 is 0 Å².